The third kappa shape index (κ3) is 2.75. The van der Waals surface area contributed by atoms with Crippen molar-refractivity contribution in [2.45, 2.75) is 19.0 Å². The molecule has 0 bridgehead atoms. The molecule has 0 unspecified atom stereocenters. The molecule has 1 aromatic carbocycles. The number of nitrogen functional groups attached to an aromatic ring is 1. The fraction of sp³-hybridized carbons (Fsp3) is 0.250. The van der Waals surface area contributed by atoms with Gasteiger partial charge in [0.1, 0.15) is 17.8 Å². The van der Waals surface area contributed by atoms with Gasteiger partial charge in [-0.1, -0.05) is 12.1 Å². The van der Waals surface area contributed by atoms with Crippen LogP contribution in [-0.4, -0.2) is 28.6 Å². The molecule has 1 aliphatic carbocycles. The fourth-order valence-electron chi connectivity index (χ4n) is 3.62. The highest BCUT2D eigenvalue weighted by Crippen LogP contribution is 2.36. The highest BCUT2D eigenvalue weighted by molar-refractivity contribution is 5.98. The van der Waals surface area contributed by atoms with E-state index in [0.717, 1.165) is 40.7 Å². The molecule has 27 heavy (non-hydrogen) atoms. The fourth-order valence-corrected chi connectivity index (χ4v) is 3.62. The molecule has 7 heteroatoms. The van der Waals surface area contributed by atoms with E-state index in [4.69, 9.17) is 5.73 Å². The Labute approximate surface area is 155 Å². The molecule has 6 nitrogen and oxygen atoms in total. The number of alkyl halides is 1. The van der Waals surface area contributed by atoms with Crippen molar-refractivity contribution in [3.8, 4) is 11.3 Å². The number of aromatic nitrogens is 2. The molecule has 3 aromatic rings. The van der Waals surface area contributed by atoms with Gasteiger partial charge < -0.3 is 16.4 Å². The number of nitrogens with zero attached hydrogens (tertiary/aromatic N) is 2. The summed E-state index contributed by atoms with van der Waals surface area (Å²) in [5, 5.41) is 7.60. The number of nitrogens with one attached hydrogen (secondary N) is 2. The standard InChI is InChI=1S/C20H18FN5O/c21-15-8-13(15)20(27)26-18-7-10-6-17(25-19(22)14(10)9-24-18)11-2-1-3-16-12(11)4-5-23-16/h1-3,6-7,9,13,15,23H,4-5,8H2,(H2,22,25)(H,24,26,27)/t13-,15+/m1/s1. The first-order valence-corrected chi connectivity index (χ1v) is 8.97. The minimum atomic E-state index is -1.04. The van der Waals surface area contributed by atoms with Gasteiger partial charge in [0.15, 0.2) is 0 Å². The summed E-state index contributed by atoms with van der Waals surface area (Å²) in [5.41, 5.74) is 10.4. The van der Waals surface area contributed by atoms with Gasteiger partial charge in [0, 0.05) is 29.4 Å². The van der Waals surface area contributed by atoms with E-state index >= 15 is 0 Å². The predicted molar refractivity (Wildman–Crippen MR) is 103 cm³/mol. The van der Waals surface area contributed by atoms with Gasteiger partial charge in [-0.05, 0) is 42.0 Å². The van der Waals surface area contributed by atoms with Crippen LogP contribution in [0.1, 0.15) is 12.0 Å². The van der Waals surface area contributed by atoms with E-state index < -0.39 is 12.1 Å². The Morgan fingerprint density at radius 2 is 2.19 bits per heavy atom. The molecule has 136 valence electrons. The van der Waals surface area contributed by atoms with Crippen LogP contribution in [0.5, 0.6) is 0 Å². The number of hydrogen-bond donors (Lipinski definition) is 3. The van der Waals surface area contributed by atoms with Gasteiger partial charge in [-0.15, -0.1) is 0 Å². The number of carbonyl (C=O) groups excluding carboxylic acids is 1. The van der Waals surface area contributed by atoms with Gasteiger partial charge in [-0.2, -0.15) is 0 Å². The van der Waals surface area contributed by atoms with Crippen LogP contribution < -0.4 is 16.4 Å². The first-order valence-electron chi connectivity index (χ1n) is 8.97. The van der Waals surface area contributed by atoms with E-state index in [-0.39, 0.29) is 12.3 Å². The molecule has 0 spiro atoms. The molecule has 0 radical (unpaired) electrons. The Bertz CT molecular complexity index is 1080. The van der Waals surface area contributed by atoms with Crippen molar-refractivity contribution >= 4 is 34.0 Å². The van der Waals surface area contributed by atoms with Gasteiger partial charge in [-0.25, -0.2) is 14.4 Å². The van der Waals surface area contributed by atoms with Crippen LogP contribution in [0.4, 0.5) is 21.7 Å². The van der Waals surface area contributed by atoms with Gasteiger partial charge in [0.05, 0.1) is 11.6 Å². The largest absolute Gasteiger partial charge is 0.384 e. The first-order chi connectivity index (χ1) is 13.1. The Kier molecular flexibility index (Phi) is 3.50. The minimum absolute atomic E-state index is 0.285. The van der Waals surface area contributed by atoms with Gasteiger partial charge in [0.2, 0.25) is 5.91 Å². The maximum Gasteiger partial charge on any atom is 0.231 e. The summed E-state index contributed by atoms with van der Waals surface area (Å²) < 4.78 is 13.1. The Hall–Kier alpha value is -3.22. The molecular formula is C20H18FN5O. The number of nitrogens with two attached hydrogens (primary N) is 1. The lowest BCUT2D eigenvalue weighted by Crippen LogP contribution is -2.15. The summed E-state index contributed by atoms with van der Waals surface area (Å²) in [4.78, 5) is 20.7. The van der Waals surface area contributed by atoms with E-state index in [1.807, 2.05) is 18.2 Å². The number of rotatable bonds is 3. The van der Waals surface area contributed by atoms with Crippen molar-refractivity contribution in [3.05, 3.63) is 42.1 Å². The average Bonchev–Trinajstić information content (AvgIpc) is 3.20. The Balaban J connectivity index is 1.55. The third-order valence-corrected chi connectivity index (χ3v) is 5.19. The number of benzene rings is 1. The number of hydrogen-bond acceptors (Lipinski definition) is 5. The molecule has 1 aliphatic heterocycles. The zero-order valence-corrected chi connectivity index (χ0v) is 14.5. The average molecular weight is 363 g/mol. The van der Waals surface area contributed by atoms with Crippen LogP contribution in [0.25, 0.3) is 22.0 Å². The predicted octanol–water partition coefficient (Wildman–Crippen LogP) is 3.14. The Morgan fingerprint density at radius 1 is 1.33 bits per heavy atom. The second-order valence-corrected chi connectivity index (χ2v) is 7.04. The van der Waals surface area contributed by atoms with E-state index in [1.165, 1.54) is 5.56 Å². The third-order valence-electron chi connectivity index (χ3n) is 5.19. The van der Waals surface area contributed by atoms with Crippen molar-refractivity contribution in [1.82, 2.24) is 9.97 Å². The van der Waals surface area contributed by atoms with Crippen LogP contribution in [-0.2, 0) is 11.2 Å². The molecule has 2 atom stereocenters. The van der Waals surface area contributed by atoms with Crippen molar-refractivity contribution < 1.29 is 9.18 Å². The van der Waals surface area contributed by atoms with Crippen LogP contribution >= 0.6 is 0 Å². The maximum atomic E-state index is 13.1. The summed E-state index contributed by atoms with van der Waals surface area (Å²) in [7, 11) is 0. The molecule has 1 saturated carbocycles. The molecule has 4 N–H and O–H groups in total. The molecule has 5 rings (SSSR count). The topological polar surface area (TPSA) is 92.9 Å². The normalized spacial score (nSPS) is 20.2. The minimum Gasteiger partial charge on any atom is -0.384 e. The summed E-state index contributed by atoms with van der Waals surface area (Å²) in [6.45, 7) is 0.909. The van der Waals surface area contributed by atoms with Crippen LogP contribution in [0.15, 0.2) is 36.5 Å². The number of anilines is 3. The molecule has 2 aromatic heterocycles. The van der Waals surface area contributed by atoms with Crippen molar-refractivity contribution in [2.24, 2.45) is 5.92 Å². The van der Waals surface area contributed by atoms with E-state index in [1.54, 1.807) is 12.3 Å². The molecule has 1 fully saturated rings. The molecule has 1 amide bonds. The highest BCUT2D eigenvalue weighted by Gasteiger charge is 2.43. The van der Waals surface area contributed by atoms with Gasteiger partial charge >= 0.3 is 0 Å². The summed E-state index contributed by atoms with van der Waals surface area (Å²) in [6.07, 6.45) is 1.78. The van der Waals surface area contributed by atoms with Crippen molar-refractivity contribution in [2.75, 3.05) is 22.9 Å². The van der Waals surface area contributed by atoms with Crippen molar-refractivity contribution in [3.63, 3.8) is 0 Å². The quantitative estimate of drug-likeness (QED) is 0.665. The van der Waals surface area contributed by atoms with Crippen LogP contribution in [0.3, 0.4) is 0 Å². The lowest BCUT2D eigenvalue weighted by molar-refractivity contribution is -0.117. The lowest BCUT2D eigenvalue weighted by atomic mass is 10.0. The summed E-state index contributed by atoms with van der Waals surface area (Å²) >= 11 is 0. The second kappa shape index (κ2) is 5.90. The maximum absolute atomic E-state index is 13.1. The van der Waals surface area contributed by atoms with Gasteiger partial charge in [0.25, 0.3) is 0 Å². The SMILES string of the molecule is Nc1nc(-c2cccc3c2CCN3)cc2cc(NC(=O)[C@@H]3C[C@@H]3F)ncc12. The number of halogens is 1. The van der Waals surface area contributed by atoms with Gasteiger partial charge in [-0.3, -0.25) is 4.79 Å². The van der Waals surface area contributed by atoms with Crippen LogP contribution in [0.2, 0.25) is 0 Å². The number of fused-ring (bicyclic) bond motifs is 2. The lowest BCUT2D eigenvalue weighted by Gasteiger charge is -2.11. The second-order valence-electron chi connectivity index (χ2n) is 7.04. The van der Waals surface area contributed by atoms with Crippen LogP contribution in [0, 0.1) is 5.92 Å². The molecule has 0 saturated heterocycles. The van der Waals surface area contributed by atoms with E-state index in [2.05, 4.69) is 26.7 Å². The smallest absolute Gasteiger partial charge is 0.231 e. The highest BCUT2D eigenvalue weighted by atomic mass is 19.1. The number of amides is 1. The summed E-state index contributed by atoms with van der Waals surface area (Å²) in [5.74, 6) is -0.103. The van der Waals surface area contributed by atoms with Crippen molar-refractivity contribution in [1.29, 1.82) is 0 Å². The zero-order valence-electron chi connectivity index (χ0n) is 14.5. The van der Waals surface area contributed by atoms with E-state index in [0.29, 0.717) is 11.6 Å². The van der Waals surface area contributed by atoms with E-state index in [9.17, 15) is 9.18 Å². The Morgan fingerprint density at radius 3 is 3.00 bits per heavy atom. The molecule has 3 heterocycles. The number of pyridine rings is 2. The zero-order chi connectivity index (χ0) is 18.5. The summed E-state index contributed by atoms with van der Waals surface area (Å²) in [6, 6.07) is 9.80. The monoisotopic (exact) mass is 363 g/mol. The molecule has 2 aliphatic rings. The first kappa shape index (κ1) is 16.0. The number of carbonyl (C=O) groups is 1. The molecular weight excluding hydrogens is 345 g/mol.